The minimum Gasteiger partial charge on any atom is -0.330 e. The summed E-state index contributed by atoms with van der Waals surface area (Å²) in [6.07, 6.45) is 24.5. The maximum absolute atomic E-state index is 6.08. The van der Waals surface area contributed by atoms with Crippen LogP contribution < -0.4 is 11.1 Å². The van der Waals surface area contributed by atoms with Crippen LogP contribution in [0.3, 0.4) is 0 Å². The van der Waals surface area contributed by atoms with Crippen LogP contribution in [0.25, 0.3) is 0 Å². The second-order valence-electron chi connectivity index (χ2n) is 11.8. The first-order valence-corrected chi connectivity index (χ1v) is 16.9. The SMILES string of the molecule is C=C.C=C(C)C(CCC1CCCCC1)(CC1CCCCC1)NC.CC=N.CCCCN.CCc1ccc(CC)cc1. The lowest BCUT2D eigenvalue weighted by Crippen LogP contribution is -2.46. The van der Waals surface area contributed by atoms with Crippen molar-refractivity contribution in [1.29, 1.82) is 5.41 Å². The van der Waals surface area contributed by atoms with E-state index in [9.17, 15) is 0 Å². The van der Waals surface area contributed by atoms with Gasteiger partial charge in [-0.1, -0.05) is 128 Å². The fourth-order valence-corrected chi connectivity index (χ4v) is 5.96. The Hall–Kier alpha value is -1.71. The number of unbranched alkanes of at least 4 members (excludes halogenated alkanes) is 1. The molecule has 41 heavy (non-hydrogen) atoms. The van der Waals surface area contributed by atoms with E-state index in [1.54, 1.807) is 6.92 Å². The summed E-state index contributed by atoms with van der Waals surface area (Å²) in [5.41, 5.74) is 9.57. The number of hydrogen-bond acceptors (Lipinski definition) is 3. The van der Waals surface area contributed by atoms with Crippen LogP contribution in [0.15, 0.2) is 49.6 Å². The van der Waals surface area contributed by atoms with Crippen molar-refractivity contribution in [2.75, 3.05) is 13.6 Å². The Labute approximate surface area is 257 Å². The standard InChI is InChI=1S/C20H37N.C10H14.C4H11N.C2H5N.C2H4/c1-17(2)20(21-3,16-19-12-8-5-9-13-19)15-14-18-10-6-4-7-11-18;1-3-9-5-7-10(4-2)8-6-9;1-2-3-4-5;1-2-3;1-2/h18-19,21H,1,4-16H2,2-3H3;5-8H,3-4H2,1-2H3;2-5H2,1H3;2-3H,1H3;1-2H2. The van der Waals surface area contributed by atoms with Crippen LogP contribution in [0, 0.1) is 17.2 Å². The molecule has 3 rings (SSSR count). The molecule has 3 heteroatoms. The fourth-order valence-electron chi connectivity index (χ4n) is 5.96. The predicted octanol–water partition coefficient (Wildman–Crippen LogP) is 10.9. The van der Waals surface area contributed by atoms with Gasteiger partial charge in [-0.05, 0) is 95.1 Å². The molecule has 2 aliphatic carbocycles. The molecule has 1 unspecified atom stereocenters. The van der Waals surface area contributed by atoms with Gasteiger partial charge in [0.1, 0.15) is 0 Å². The van der Waals surface area contributed by atoms with E-state index in [-0.39, 0.29) is 5.54 Å². The van der Waals surface area contributed by atoms with Gasteiger partial charge in [0, 0.05) is 5.54 Å². The van der Waals surface area contributed by atoms with E-state index >= 15 is 0 Å². The first-order chi connectivity index (χ1) is 19.9. The summed E-state index contributed by atoms with van der Waals surface area (Å²) in [7, 11) is 2.17. The van der Waals surface area contributed by atoms with Gasteiger partial charge in [0.15, 0.2) is 0 Å². The molecule has 0 aromatic heterocycles. The minimum absolute atomic E-state index is 0.208. The summed E-state index contributed by atoms with van der Waals surface area (Å²) in [5.74, 6) is 1.91. The van der Waals surface area contributed by atoms with Gasteiger partial charge in [0.2, 0.25) is 0 Å². The van der Waals surface area contributed by atoms with Gasteiger partial charge >= 0.3 is 0 Å². The average Bonchev–Trinajstić information content (AvgIpc) is 3.02. The summed E-state index contributed by atoms with van der Waals surface area (Å²) >= 11 is 0. The predicted molar refractivity (Wildman–Crippen MR) is 188 cm³/mol. The average molecular weight is 570 g/mol. The molecule has 0 radical (unpaired) electrons. The lowest BCUT2D eigenvalue weighted by Gasteiger charge is -2.40. The summed E-state index contributed by atoms with van der Waals surface area (Å²) in [4.78, 5) is 0. The maximum atomic E-state index is 6.08. The van der Waals surface area contributed by atoms with Crippen molar-refractivity contribution in [2.45, 2.75) is 149 Å². The minimum atomic E-state index is 0.208. The van der Waals surface area contributed by atoms with Gasteiger partial charge in [0.25, 0.3) is 0 Å². The first kappa shape index (κ1) is 41.4. The van der Waals surface area contributed by atoms with Crippen molar-refractivity contribution < 1.29 is 0 Å². The summed E-state index contributed by atoms with van der Waals surface area (Å²) in [6.45, 7) is 21.6. The Morgan fingerprint density at radius 3 is 1.61 bits per heavy atom. The van der Waals surface area contributed by atoms with E-state index < -0.39 is 0 Å². The molecule has 0 bridgehead atoms. The molecule has 0 amide bonds. The molecule has 2 fully saturated rings. The molecule has 0 aliphatic heterocycles. The molecule has 2 aliphatic rings. The van der Waals surface area contributed by atoms with Gasteiger partial charge in [-0.2, -0.15) is 0 Å². The lowest BCUT2D eigenvalue weighted by atomic mass is 9.72. The van der Waals surface area contributed by atoms with Gasteiger partial charge in [0.05, 0.1) is 0 Å². The van der Waals surface area contributed by atoms with Crippen molar-refractivity contribution >= 4 is 6.21 Å². The molecule has 238 valence electrons. The zero-order chi connectivity index (χ0) is 31.4. The highest BCUT2D eigenvalue weighted by atomic mass is 14.9. The number of likely N-dealkylation sites (N-methyl/N-ethyl adjacent to an activating group) is 1. The van der Waals surface area contributed by atoms with Gasteiger partial charge in [-0.15, -0.1) is 13.2 Å². The third-order valence-electron chi connectivity index (χ3n) is 8.76. The highest BCUT2D eigenvalue weighted by Crippen LogP contribution is 2.38. The molecule has 0 heterocycles. The zero-order valence-corrected chi connectivity index (χ0v) is 28.5. The normalized spacial score (nSPS) is 16.5. The number of nitrogens with two attached hydrogens (primary N) is 1. The lowest BCUT2D eigenvalue weighted by molar-refractivity contribution is 0.221. The summed E-state index contributed by atoms with van der Waals surface area (Å²) in [6, 6.07) is 8.83. The monoisotopic (exact) mass is 570 g/mol. The van der Waals surface area contributed by atoms with Crippen LogP contribution in [0.5, 0.6) is 0 Å². The van der Waals surface area contributed by atoms with Crippen LogP contribution in [-0.4, -0.2) is 25.3 Å². The highest BCUT2D eigenvalue weighted by molar-refractivity contribution is 5.48. The Morgan fingerprint density at radius 2 is 1.32 bits per heavy atom. The van der Waals surface area contributed by atoms with E-state index in [0.717, 1.165) is 31.2 Å². The van der Waals surface area contributed by atoms with Crippen molar-refractivity contribution in [3.05, 3.63) is 60.7 Å². The van der Waals surface area contributed by atoms with Crippen LogP contribution >= 0.6 is 0 Å². The molecular weight excluding hydrogens is 498 g/mol. The number of benzene rings is 1. The highest BCUT2D eigenvalue weighted by Gasteiger charge is 2.33. The Morgan fingerprint density at radius 1 is 0.902 bits per heavy atom. The zero-order valence-electron chi connectivity index (χ0n) is 28.5. The smallest absolute Gasteiger partial charge is 0.0388 e. The largest absolute Gasteiger partial charge is 0.330 e. The molecule has 0 saturated heterocycles. The van der Waals surface area contributed by atoms with E-state index in [2.05, 4.69) is 84.1 Å². The third kappa shape index (κ3) is 19.9. The molecule has 1 aromatic carbocycles. The van der Waals surface area contributed by atoms with Crippen LogP contribution in [0.4, 0.5) is 0 Å². The van der Waals surface area contributed by atoms with Crippen LogP contribution in [0.2, 0.25) is 0 Å². The summed E-state index contributed by atoms with van der Waals surface area (Å²) < 4.78 is 0. The van der Waals surface area contributed by atoms with E-state index in [1.165, 1.54) is 119 Å². The van der Waals surface area contributed by atoms with E-state index in [1.807, 2.05) is 0 Å². The number of aryl methyl sites for hydroxylation is 2. The number of nitrogens with one attached hydrogen (secondary N) is 2. The number of hydrogen-bond donors (Lipinski definition) is 3. The topological polar surface area (TPSA) is 61.9 Å². The maximum Gasteiger partial charge on any atom is 0.0388 e. The second-order valence-corrected chi connectivity index (χ2v) is 11.8. The first-order valence-electron chi connectivity index (χ1n) is 16.9. The molecule has 1 aromatic rings. The van der Waals surface area contributed by atoms with Gasteiger partial charge < -0.3 is 16.5 Å². The fraction of sp³-hybridized carbons (Fsp3) is 0.711. The Kier molecular flexibility index (Phi) is 28.7. The van der Waals surface area contributed by atoms with Crippen molar-refractivity contribution in [3.8, 4) is 0 Å². The van der Waals surface area contributed by atoms with Crippen LogP contribution in [0.1, 0.15) is 142 Å². The van der Waals surface area contributed by atoms with E-state index in [4.69, 9.17) is 11.1 Å². The van der Waals surface area contributed by atoms with E-state index in [0.29, 0.717) is 0 Å². The molecule has 1 atom stereocenters. The van der Waals surface area contributed by atoms with Crippen molar-refractivity contribution in [2.24, 2.45) is 17.6 Å². The quantitative estimate of drug-likeness (QED) is 0.183. The van der Waals surface area contributed by atoms with Crippen molar-refractivity contribution in [1.82, 2.24) is 5.32 Å². The Bertz CT molecular complexity index is 689. The third-order valence-corrected chi connectivity index (χ3v) is 8.76. The molecule has 4 N–H and O–H groups in total. The molecule has 3 nitrogen and oxygen atoms in total. The van der Waals surface area contributed by atoms with Gasteiger partial charge in [-0.25, -0.2) is 0 Å². The number of rotatable bonds is 11. The van der Waals surface area contributed by atoms with Gasteiger partial charge in [-0.3, -0.25) is 0 Å². The summed E-state index contributed by atoms with van der Waals surface area (Å²) in [5, 5.41) is 9.79. The molecular formula is C38H71N3. The second kappa shape index (κ2) is 28.4. The van der Waals surface area contributed by atoms with Crippen molar-refractivity contribution in [3.63, 3.8) is 0 Å². The van der Waals surface area contributed by atoms with Crippen LogP contribution in [-0.2, 0) is 12.8 Å². The molecule has 0 spiro atoms. The molecule has 2 saturated carbocycles. The Balaban J connectivity index is 0.